The second-order valence-electron chi connectivity index (χ2n) is 7.88. The lowest BCUT2D eigenvalue weighted by molar-refractivity contribution is -0.114. The van der Waals surface area contributed by atoms with E-state index in [2.05, 4.69) is 5.32 Å². The molecule has 1 heterocycles. The molecule has 3 aromatic carbocycles. The first kappa shape index (κ1) is 22.7. The Bertz CT molecular complexity index is 1170. The van der Waals surface area contributed by atoms with Crippen LogP contribution in [-0.2, 0) is 11.3 Å². The number of benzene rings is 3. The van der Waals surface area contributed by atoms with Gasteiger partial charge in [0.15, 0.2) is 11.5 Å². The number of carbonyl (C=O) groups excluding carboxylic acids is 2. The Balaban J connectivity index is 1.70. The Morgan fingerprint density at radius 1 is 1.03 bits per heavy atom. The molecule has 0 saturated heterocycles. The van der Waals surface area contributed by atoms with E-state index in [0.29, 0.717) is 47.5 Å². The monoisotopic (exact) mass is 464 g/mol. The molecule has 0 bridgehead atoms. The van der Waals surface area contributed by atoms with Crippen molar-refractivity contribution in [3.05, 3.63) is 88.4 Å². The van der Waals surface area contributed by atoms with Crippen molar-refractivity contribution in [2.45, 2.75) is 26.4 Å². The quantitative estimate of drug-likeness (QED) is 0.525. The molecule has 0 spiro atoms. The minimum atomic E-state index is -0.279. The van der Waals surface area contributed by atoms with E-state index in [9.17, 15) is 9.59 Å². The molecule has 7 heteroatoms. The maximum atomic E-state index is 13.8. The number of nitrogens with zero attached hydrogens (tertiary/aromatic N) is 1. The number of hydrogen-bond acceptors (Lipinski definition) is 4. The summed E-state index contributed by atoms with van der Waals surface area (Å²) in [5.74, 6) is 0.598. The predicted octanol–water partition coefficient (Wildman–Crippen LogP) is 5.47. The molecule has 0 aromatic heterocycles. The zero-order valence-corrected chi connectivity index (χ0v) is 19.3. The molecule has 0 aliphatic carbocycles. The molecular weight excluding hydrogens is 440 g/mol. The lowest BCUT2D eigenvalue weighted by Crippen LogP contribution is -2.33. The summed E-state index contributed by atoms with van der Waals surface area (Å²) in [6.45, 7) is 4.65. The number of ether oxygens (including phenoxy) is 2. The molecule has 0 radical (unpaired) electrons. The number of amides is 2. The second kappa shape index (κ2) is 9.96. The minimum absolute atomic E-state index is 0.150. The number of halogens is 1. The third-order valence-corrected chi connectivity index (χ3v) is 5.74. The van der Waals surface area contributed by atoms with Crippen molar-refractivity contribution in [2.75, 3.05) is 18.5 Å². The van der Waals surface area contributed by atoms with Crippen LogP contribution < -0.4 is 14.8 Å². The molecule has 4 rings (SSSR count). The number of hydrogen-bond donors (Lipinski definition) is 1. The highest BCUT2D eigenvalue weighted by Gasteiger charge is 2.26. The molecular formula is C26H25ClN2O4. The van der Waals surface area contributed by atoms with Gasteiger partial charge in [-0.25, -0.2) is 0 Å². The van der Waals surface area contributed by atoms with Crippen molar-refractivity contribution in [1.82, 2.24) is 4.90 Å². The van der Waals surface area contributed by atoms with Gasteiger partial charge in [-0.2, -0.15) is 0 Å². The highest BCUT2D eigenvalue weighted by molar-refractivity contribution is 6.32. The number of nitrogens with one attached hydrogen (secondary N) is 1. The first-order chi connectivity index (χ1) is 15.9. The molecule has 1 atom stereocenters. The fraction of sp³-hybridized carbons (Fsp3) is 0.231. The van der Waals surface area contributed by atoms with Gasteiger partial charge in [0.25, 0.3) is 5.91 Å². The van der Waals surface area contributed by atoms with Gasteiger partial charge in [-0.3, -0.25) is 9.59 Å². The van der Waals surface area contributed by atoms with Crippen molar-refractivity contribution in [2.24, 2.45) is 0 Å². The van der Waals surface area contributed by atoms with E-state index in [4.69, 9.17) is 21.1 Å². The number of fused-ring (bicyclic) bond motifs is 1. The third kappa shape index (κ3) is 5.29. The van der Waals surface area contributed by atoms with Gasteiger partial charge >= 0.3 is 0 Å². The number of rotatable bonds is 6. The van der Waals surface area contributed by atoms with Crippen LogP contribution in [0.1, 0.15) is 41.4 Å². The van der Waals surface area contributed by atoms with Gasteiger partial charge in [-0.1, -0.05) is 54.1 Å². The van der Waals surface area contributed by atoms with Gasteiger partial charge in [0, 0.05) is 24.7 Å². The Morgan fingerprint density at radius 3 is 2.55 bits per heavy atom. The Kier molecular flexibility index (Phi) is 6.84. The van der Waals surface area contributed by atoms with Crippen LogP contribution in [0.2, 0.25) is 5.02 Å². The van der Waals surface area contributed by atoms with Gasteiger partial charge in [-0.05, 0) is 42.3 Å². The standard InChI is InChI=1S/C26H25ClN2O4/c1-17(20-9-6-10-22(13-20)28-18(2)30)29(16-19-7-4-3-5-8-19)26(31)21-14-23(27)25-24(15-21)32-11-12-33-25/h3-10,13-15,17H,11-12,16H2,1-2H3,(H,28,30). The molecule has 1 unspecified atom stereocenters. The average Bonchev–Trinajstić information content (AvgIpc) is 2.82. The second-order valence-corrected chi connectivity index (χ2v) is 8.29. The fourth-order valence-corrected chi connectivity index (χ4v) is 4.09. The average molecular weight is 465 g/mol. The summed E-state index contributed by atoms with van der Waals surface area (Å²) in [6, 6.07) is 20.3. The van der Waals surface area contributed by atoms with Crippen molar-refractivity contribution in [3.63, 3.8) is 0 Å². The Hall–Kier alpha value is -3.51. The summed E-state index contributed by atoms with van der Waals surface area (Å²) in [4.78, 5) is 27.0. The van der Waals surface area contributed by atoms with E-state index >= 15 is 0 Å². The van der Waals surface area contributed by atoms with Crippen molar-refractivity contribution in [3.8, 4) is 11.5 Å². The van der Waals surface area contributed by atoms with E-state index < -0.39 is 0 Å². The van der Waals surface area contributed by atoms with E-state index in [1.54, 1.807) is 17.0 Å². The van der Waals surface area contributed by atoms with Gasteiger partial charge < -0.3 is 19.7 Å². The van der Waals surface area contributed by atoms with Gasteiger partial charge in [0.2, 0.25) is 5.91 Å². The predicted molar refractivity (Wildman–Crippen MR) is 128 cm³/mol. The molecule has 1 aliphatic heterocycles. The Morgan fingerprint density at radius 2 is 1.79 bits per heavy atom. The molecule has 170 valence electrons. The van der Waals surface area contributed by atoms with E-state index in [0.717, 1.165) is 11.1 Å². The van der Waals surface area contributed by atoms with Crippen LogP contribution in [0, 0.1) is 0 Å². The van der Waals surface area contributed by atoms with E-state index in [1.165, 1.54) is 6.92 Å². The summed E-state index contributed by atoms with van der Waals surface area (Å²) >= 11 is 6.41. The maximum absolute atomic E-state index is 13.8. The molecule has 2 amide bonds. The summed E-state index contributed by atoms with van der Waals surface area (Å²) in [5, 5.41) is 3.14. The number of carbonyl (C=O) groups is 2. The largest absolute Gasteiger partial charge is 0.486 e. The van der Waals surface area contributed by atoms with Crippen LogP contribution in [0.4, 0.5) is 5.69 Å². The molecule has 3 aromatic rings. The normalized spacial score (nSPS) is 13.2. The Labute approximate surface area is 198 Å². The zero-order valence-electron chi connectivity index (χ0n) is 18.5. The smallest absolute Gasteiger partial charge is 0.254 e. The highest BCUT2D eigenvalue weighted by Crippen LogP contribution is 2.39. The fourth-order valence-electron chi connectivity index (χ4n) is 3.82. The molecule has 6 nitrogen and oxygen atoms in total. The summed E-state index contributed by atoms with van der Waals surface area (Å²) in [6.07, 6.45) is 0. The molecule has 33 heavy (non-hydrogen) atoms. The SMILES string of the molecule is CC(=O)Nc1cccc(C(C)N(Cc2ccccc2)C(=O)c2cc(Cl)c3c(c2)OCCO3)c1. The lowest BCUT2D eigenvalue weighted by Gasteiger charge is -2.31. The maximum Gasteiger partial charge on any atom is 0.254 e. The van der Waals surface area contributed by atoms with Gasteiger partial charge in [0.05, 0.1) is 11.1 Å². The minimum Gasteiger partial charge on any atom is -0.486 e. The molecule has 1 N–H and O–H groups in total. The number of anilines is 1. The molecule has 1 aliphatic rings. The van der Waals surface area contributed by atoms with Gasteiger partial charge in [-0.15, -0.1) is 0 Å². The highest BCUT2D eigenvalue weighted by atomic mass is 35.5. The van der Waals surface area contributed by atoms with Crippen LogP contribution in [0.15, 0.2) is 66.7 Å². The van der Waals surface area contributed by atoms with Crippen molar-refractivity contribution < 1.29 is 19.1 Å². The van der Waals surface area contributed by atoms with Crippen LogP contribution in [0.5, 0.6) is 11.5 Å². The first-order valence-electron chi connectivity index (χ1n) is 10.7. The van der Waals surface area contributed by atoms with Crippen LogP contribution in [-0.4, -0.2) is 29.9 Å². The van der Waals surface area contributed by atoms with Crippen LogP contribution in [0.3, 0.4) is 0 Å². The summed E-state index contributed by atoms with van der Waals surface area (Å²) in [5.41, 5.74) is 3.00. The summed E-state index contributed by atoms with van der Waals surface area (Å²) in [7, 11) is 0. The topological polar surface area (TPSA) is 67.9 Å². The van der Waals surface area contributed by atoms with Crippen LogP contribution in [0.25, 0.3) is 0 Å². The van der Waals surface area contributed by atoms with Crippen LogP contribution >= 0.6 is 11.6 Å². The van der Waals surface area contributed by atoms with Gasteiger partial charge in [0.1, 0.15) is 13.2 Å². The molecule has 0 saturated carbocycles. The molecule has 0 fully saturated rings. The van der Waals surface area contributed by atoms with E-state index in [1.807, 2.05) is 61.5 Å². The lowest BCUT2D eigenvalue weighted by atomic mass is 10.0. The van der Waals surface area contributed by atoms with E-state index in [-0.39, 0.29) is 17.9 Å². The third-order valence-electron chi connectivity index (χ3n) is 5.46. The zero-order chi connectivity index (χ0) is 23.4. The first-order valence-corrected chi connectivity index (χ1v) is 11.1. The van der Waals surface area contributed by atoms with Crippen molar-refractivity contribution >= 4 is 29.1 Å². The summed E-state index contributed by atoms with van der Waals surface area (Å²) < 4.78 is 11.3. The van der Waals surface area contributed by atoms with Crippen molar-refractivity contribution in [1.29, 1.82) is 0 Å².